The van der Waals surface area contributed by atoms with Crippen LogP contribution in [-0.4, -0.2) is 32.6 Å². The van der Waals surface area contributed by atoms with Gasteiger partial charge in [0.1, 0.15) is 11.6 Å². The predicted molar refractivity (Wildman–Crippen MR) is 113 cm³/mol. The highest BCUT2D eigenvalue weighted by Crippen LogP contribution is 2.27. The number of nitro benzene ring substituents is 1. The summed E-state index contributed by atoms with van der Waals surface area (Å²) in [4.78, 5) is 40.4. The van der Waals surface area contributed by atoms with Gasteiger partial charge in [-0.1, -0.05) is 18.2 Å². The van der Waals surface area contributed by atoms with Gasteiger partial charge in [0.15, 0.2) is 6.61 Å². The highest BCUT2D eigenvalue weighted by atomic mass is 16.6. The first kappa shape index (κ1) is 19.8. The number of benzene rings is 3. The lowest BCUT2D eigenvalue weighted by molar-refractivity contribution is -0.384. The molecule has 1 heterocycles. The molecule has 0 bridgehead atoms. The topological polar surface area (TPSA) is 135 Å². The first-order valence-electron chi connectivity index (χ1n) is 9.14. The molecule has 0 saturated heterocycles. The van der Waals surface area contributed by atoms with Crippen molar-refractivity contribution in [2.45, 2.75) is 0 Å². The number of H-pyrrole nitrogens is 1. The van der Waals surface area contributed by atoms with Gasteiger partial charge in [0.25, 0.3) is 11.2 Å². The fourth-order valence-electron chi connectivity index (χ4n) is 3.10. The van der Waals surface area contributed by atoms with Gasteiger partial charge < -0.3 is 14.8 Å². The number of carboxylic acids is 1. The summed E-state index contributed by atoms with van der Waals surface area (Å²) in [6.45, 7) is -0.426. The van der Waals surface area contributed by atoms with Crippen LogP contribution in [-0.2, 0) is 4.79 Å². The summed E-state index contributed by atoms with van der Waals surface area (Å²) in [5.41, 5.74) is 1.25. The summed E-state index contributed by atoms with van der Waals surface area (Å²) in [5.74, 6) is -0.262. The van der Waals surface area contributed by atoms with Gasteiger partial charge in [-0.3, -0.25) is 14.9 Å². The molecule has 0 atom stereocenters. The van der Waals surface area contributed by atoms with E-state index in [0.29, 0.717) is 28.4 Å². The molecule has 4 rings (SSSR count). The van der Waals surface area contributed by atoms with Gasteiger partial charge in [-0.05, 0) is 41.1 Å². The van der Waals surface area contributed by atoms with Crippen molar-refractivity contribution in [2.75, 3.05) is 6.61 Å². The third kappa shape index (κ3) is 4.40. The average molecular weight is 417 g/mol. The lowest BCUT2D eigenvalue weighted by Crippen LogP contribution is -2.09. The van der Waals surface area contributed by atoms with Crippen LogP contribution in [0.5, 0.6) is 5.75 Å². The van der Waals surface area contributed by atoms with E-state index in [-0.39, 0.29) is 11.2 Å². The predicted octanol–water partition coefficient (Wildman–Crippen LogP) is 3.63. The van der Waals surface area contributed by atoms with Crippen molar-refractivity contribution in [2.24, 2.45) is 0 Å². The lowest BCUT2D eigenvalue weighted by Gasteiger charge is -2.08. The van der Waals surface area contributed by atoms with Gasteiger partial charge in [-0.2, -0.15) is 0 Å². The molecule has 0 fully saturated rings. The third-order valence-corrected chi connectivity index (χ3v) is 4.56. The van der Waals surface area contributed by atoms with Crippen LogP contribution in [0.4, 0.5) is 5.69 Å². The molecule has 2 N–H and O–H groups in total. The number of hydrogen-bond acceptors (Lipinski definition) is 6. The molecule has 9 heteroatoms. The molecule has 3 aromatic carbocycles. The van der Waals surface area contributed by atoms with Gasteiger partial charge >= 0.3 is 5.97 Å². The zero-order chi connectivity index (χ0) is 22.0. The summed E-state index contributed by atoms with van der Waals surface area (Å²) in [6.07, 6.45) is 0. The molecule has 0 aliphatic rings. The van der Waals surface area contributed by atoms with Gasteiger partial charge in [0, 0.05) is 29.3 Å². The Kier molecular flexibility index (Phi) is 5.15. The highest BCUT2D eigenvalue weighted by Gasteiger charge is 2.10. The molecule has 4 aromatic rings. The van der Waals surface area contributed by atoms with Crippen LogP contribution in [0.2, 0.25) is 0 Å². The van der Waals surface area contributed by atoms with E-state index < -0.39 is 17.5 Å². The first-order chi connectivity index (χ1) is 14.9. The molecule has 0 unspecified atom stereocenters. The molecule has 0 aliphatic carbocycles. The summed E-state index contributed by atoms with van der Waals surface area (Å²) in [5, 5.41) is 21.2. The van der Waals surface area contributed by atoms with Crippen LogP contribution in [0.3, 0.4) is 0 Å². The lowest BCUT2D eigenvalue weighted by atomic mass is 10.1. The number of rotatable bonds is 6. The van der Waals surface area contributed by atoms with Crippen molar-refractivity contribution < 1.29 is 19.6 Å². The van der Waals surface area contributed by atoms with E-state index in [1.54, 1.807) is 36.4 Å². The van der Waals surface area contributed by atoms with E-state index in [4.69, 9.17) is 9.84 Å². The average Bonchev–Trinajstić information content (AvgIpc) is 2.76. The fraction of sp³-hybridized carbons (Fsp3) is 0.0455. The molecule has 31 heavy (non-hydrogen) atoms. The first-order valence-corrected chi connectivity index (χ1v) is 9.14. The Bertz CT molecular complexity index is 1360. The maximum Gasteiger partial charge on any atom is 0.341 e. The van der Waals surface area contributed by atoms with Crippen LogP contribution in [0, 0.1) is 10.1 Å². The quantitative estimate of drug-likeness (QED) is 0.361. The van der Waals surface area contributed by atoms with Gasteiger partial charge in [-0.25, -0.2) is 9.78 Å². The summed E-state index contributed by atoms with van der Waals surface area (Å²) in [7, 11) is 0. The molecule has 154 valence electrons. The van der Waals surface area contributed by atoms with Crippen molar-refractivity contribution in [3.05, 3.63) is 87.2 Å². The Morgan fingerprint density at radius 1 is 1.00 bits per heavy atom. The fourth-order valence-corrected chi connectivity index (χ4v) is 3.10. The number of fused-ring (bicyclic) bond motifs is 1. The zero-order valence-electron chi connectivity index (χ0n) is 15.9. The minimum atomic E-state index is -1.06. The maximum absolute atomic E-state index is 12.2. The van der Waals surface area contributed by atoms with E-state index in [2.05, 4.69) is 9.97 Å². The van der Waals surface area contributed by atoms with Crippen molar-refractivity contribution in [3.8, 4) is 28.4 Å². The van der Waals surface area contributed by atoms with E-state index in [0.717, 1.165) is 10.8 Å². The number of hydrogen-bond donors (Lipinski definition) is 2. The van der Waals surface area contributed by atoms with Gasteiger partial charge in [0.05, 0.1) is 10.6 Å². The molecule has 0 spiro atoms. The van der Waals surface area contributed by atoms with Crippen LogP contribution in [0.15, 0.2) is 71.5 Å². The van der Waals surface area contributed by atoms with Crippen molar-refractivity contribution in [3.63, 3.8) is 0 Å². The molecule has 0 aliphatic heterocycles. The number of carboxylic acid groups (broad SMARTS) is 1. The molecular weight excluding hydrogens is 402 g/mol. The molecule has 1 aromatic heterocycles. The Morgan fingerprint density at radius 3 is 2.39 bits per heavy atom. The monoisotopic (exact) mass is 417 g/mol. The number of aliphatic carboxylic acids is 1. The maximum atomic E-state index is 12.2. The second kappa shape index (κ2) is 8.07. The number of aromatic amines is 1. The van der Waals surface area contributed by atoms with Crippen molar-refractivity contribution in [1.29, 1.82) is 0 Å². The van der Waals surface area contributed by atoms with E-state index in [1.165, 1.54) is 18.2 Å². The van der Waals surface area contributed by atoms with E-state index >= 15 is 0 Å². The number of ether oxygens (including phenoxy) is 1. The van der Waals surface area contributed by atoms with Gasteiger partial charge in [0.2, 0.25) is 0 Å². The number of nitrogens with zero attached hydrogens (tertiary/aromatic N) is 2. The number of aromatic nitrogens is 2. The van der Waals surface area contributed by atoms with Crippen LogP contribution in [0.1, 0.15) is 0 Å². The van der Waals surface area contributed by atoms with Gasteiger partial charge in [-0.15, -0.1) is 0 Å². The zero-order valence-corrected chi connectivity index (χ0v) is 15.9. The minimum absolute atomic E-state index is 0.0463. The second-order valence-electron chi connectivity index (χ2n) is 6.69. The van der Waals surface area contributed by atoms with Crippen LogP contribution < -0.4 is 10.3 Å². The smallest absolute Gasteiger partial charge is 0.341 e. The van der Waals surface area contributed by atoms with Crippen LogP contribution >= 0.6 is 0 Å². The largest absolute Gasteiger partial charge is 0.482 e. The second-order valence-corrected chi connectivity index (χ2v) is 6.69. The minimum Gasteiger partial charge on any atom is -0.482 e. The molecule has 0 saturated carbocycles. The highest BCUT2D eigenvalue weighted by molar-refractivity contribution is 5.87. The standard InChI is InChI=1S/C22H15N3O6/c26-20-11-19(13-3-6-17(7-4-13)25(29)30)23-22(24-20)16-2-1-15-10-18(31-12-21(27)28)8-5-14(15)9-16/h1-11H,12H2,(H,27,28)(H,23,24,26). The summed E-state index contributed by atoms with van der Waals surface area (Å²) < 4.78 is 5.19. The Balaban J connectivity index is 1.68. The number of carbonyl (C=O) groups is 1. The van der Waals surface area contributed by atoms with Crippen molar-refractivity contribution in [1.82, 2.24) is 9.97 Å². The van der Waals surface area contributed by atoms with Crippen LogP contribution in [0.25, 0.3) is 33.4 Å². The Hall–Kier alpha value is -4.53. The number of nitro groups is 1. The normalized spacial score (nSPS) is 10.7. The summed E-state index contributed by atoms with van der Waals surface area (Å²) >= 11 is 0. The number of nitrogens with one attached hydrogen (secondary N) is 1. The third-order valence-electron chi connectivity index (χ3n) is 4.56. The van der Waals surface area contributed by atoms with Crippen molar-refractivity contribution >= 4 is 22.4 Å². The molecule has 0 radical (unpaired) electrons. The van der Waals surface area contributed by atoms with E-state index in [9.17, 15) is 19.7 Å². The molecule has 0 amide bonds. The molecule has 9 nitrogen and oxygen atoms in total. The van der Waals surface area contributed by atoms with E-state index in [1.807, 2.05) is 12.1 Å². The Morgan fingerprint density at radius 2 is 1.68 bits per heavy atom. The SMILES string of the molecule is O=C(O)COc1ccc2cc(-c3nc(-c4ccc([N+](=O)[O-])cc4)cc(=O)[nH]3)ccc2c1. The number of non-ortho nitro benzene ring substituents is 1. The summed E-state index contributed by atoms with van der Waals surface area (Å²) in [6, 6.07) is 17.8. The molecular formula is C22H15N3O6. The Labute approximate surface area is 174 Å².